The summed E-state index contributed by atoms with van der Waals surface area (Å²) in [5, 5.41) is 12.9. The number of carboxylic acid groups (broad SMARTS) is 1. The van der Waals surface area contributed by atoms with Gasteiger partial charge in [0.2, 0.25) is 0 Å². The predicted molar refractivity (Wildman–Crippen MR) is 121 cm³/mol. The minimum absolute atomic E-state index is 0.116. The summed E-state index contributed by atoms with van der Waals surface area (Å²) < 4.78 is 10.7. The standard InChI is InChI=1S/C23H21BrN2O7/c1-12(2)14-4-6-15(7-5-14)26-22(30)16(21(29)25-23(26)31)8-13-9-17(24)20(18(10-13)32-3)33-11-19(27)28/h4-10,12H,11H2,1-3H3,(H,27,28)(H,25,29,31)/p-1/b16-8+. The summed E-state index contributed by atoms with van der Waals surface area (Å²) in [6.07, 6.45) is 1.30. The molecule has 9 nitrogen and oxygen atoms in total. The van der Waals surface area contributed by atoms with E-state index in [1.54, 1.807) is 12.1 Å². The first-order chi connectivity index (χ1) is 15.6. The molecule has 33 heavy (non-hydrogen) atoms. The Balaban J connectivity index is 1.97. The number of aliphatic carboxylic acids is 1. The molecule has 1 N–H and O–H groups in total. The summed E-state index contributed by atoms with van der Waals surface area (Å²) in [5.74, 6) is -2.48. The number of amides is 4. The van der Waals surface area contributed by atoms with Crippen LogP contribution in [0.3, 0.4) is 0 Å². The maximum Gasteiger partial charge on any atom is 0.335 e. The summed E-state index contributed by atoms with van der Waals surface area (Å²) in [5.41, 5.74) is 1.47. The molecule has 0 spiro atoms. The van der Waals surface area contributed by atoms with Crippen molar-refractivity contribution in [1.82, 2.24) is 5.32 Å². The number of urea groups is 1. The molecular weight excluding hydrogens is 496 g/mol. The Kier molecular flexibility index (Phi) is 7.17. The minimum atomic E-state index is -1.41. The fourth-order valence-electron chi connectivity index (χ4n) is 3.16. The van der Waals surface area contributed by atoms with E-state index in [1.807, 2.05) is 26.0 Å². The van der Waals surface area contributed by atoms with Crippen LogP contribution in [0.1, 0.15) is 30.9 Å². The van der Waals surface area contributed by atoms with Gasteiger partial charge in [-0.05, 0) is 63.3 Å². The first-order valence-corrected chi connectivity index (χ1v) is 10.6. The number of carbonyl (C=O) groups excluding carboxylic acids is 4. The second kappa shape index (κ2) is 9.86. The fraction of sp³-hybridized carbons (Fsp3) is 0.217. The zero-order valence-corrected chi connectivity index (χ0v) is 19.6. The largest absolute Gasteiger partial charge is 0.546 e. The van der Waals surface area contributed by atoms with E-state index >= 15 is 0 Å². The Bertz CT molecular complexity index is 1160. The zero-order valence-electron chi connectivity index (χ0n) is 18.0. The molecule has 2 aromatic carbocycles. The molecule has 0 radical (unpaired) electrons. The van der Waals surface area contributed by atoms with Crippen molar-refractivity contribution in [2.24, 2.45) is 0 Å². The number of nitrogens with zero attached hydrogens (tertiary/aromatic N) is 1. The molecule has 1 aliphatic heterocycles. The third kappa shape index (κ3) is 5.23. The Morgan fingerprint density at radius 2 is 1.85 bits per heavy atom. The number of barbiturate groups is 1. The van der Waals surface area contributed by atoms with Gasteiger partial charge >= 0.3 is 6.03 Å². The van der Waals surface area contributed by atoms with Gasteiger partial charge in [-0.2, -0.15) is 0 Å². The summed E-state index contributed by atoms with van der Waals surface area (Å²) in [6, 6.07) is 9.04. The lowest BCUT2D eigenvalue weighted by Gasteiger charge is -2.26. The SMILES string of the molecule is COc1cc(/C=C2\C(=O)NC(=O)N(c3ccc(C(C)C)cc3)C2=O)cc(Br)c1OCC(=O)[O-]. The number of nitrogens with one attached hydrogen (secondary N) is 1. The molecule has 0 aromatic heterocycles. The van der Waals surface area contributed by atoms with E-state index in [9.17, 15) is 24.3 Å². The Labute approximate surface area is 198 Å². The highest BCUT2D eigenvalue weighted by molar-refractivity contribution is 9.10. The second-order valence-corrected chi connectivity index (χ2v) is 8.25. The van der Waals surface area contributed by atoms with Gasteiger partial charge < -0.3 is 19.4 Å². The summed E-state index contributed by atoms with van der Waals surface area (Å²) in [4.78, 5) is 49.5. The Morgan fingerprint density at radius 1 is 1.18 bits per heavy atom. The molecule has 2 aromatic rings. The Hall–Kier alpha value is -3.66. The minimum Gasteiger partial charge on any atom is -0.546 e. The number of halogens is 1. The van der Waals surface area contributed by atoms with Crippen molar-refractivity contribution in [3.63, 3.8) is 0 Å². The van der Waals surface area contributed by atoms with Crippen molar-refractivity contribution in [3.05, 3.63) is 57.6 Å². The molecule has 3 rings (SSSR count). The number of methoxy groups -OCH3 is 1. The smallest absolute Gasteiger partial charge is 0.335 e. The Morgan fingerprint density at radius 3 is 2.42 bits per heavy atom. The van der Waals surface area contributed by atoms with Gasteiger partial charge in [0, 0.05) is 0 Å². The molecule has 0 saturated carbocycles. The fourth-order valence-corrected chi connectivity index (χ4v) is 3.74. The third-order valence-corrected chi connectivity index (χ3v) is 5.41. The van der Waals surface area contributed by atoms with Crippen molar-refractivity contribution in [2.45, 2.75) is 19.8 Å². The molecule has 1 fully saturated rings. The van der Waals surface area contributed by atoms with Crippen LogP contribution in [-0.4, -0.2) is 37.5 Å². The lowest BCUT2D eigenvalue weighted by Crippen LogP contribution is -2.54. The highest BCUT2D eigenvalue weighted by Crippen LogP contribution is 2.37. The van der Waals surface area contributed by atoms with Crippen LogP contribution < -0.4 is 24.8 Å². The molecule has 1 aliphatic rings. The molecule has 0 unspecified atom stereocenters. The zero-order chi connectivity index (χ0) is 24.3. The highest BCUT2D eigenvalue weighted by atomic mass is 79.9. The average Bonchev–Trinajstić information content (AvgIpc) is 2.75. The van der Waals surface area contributed by atoms with Crippen LogP contribution in [0.4, 0.5) is 10.5 Å². The number of benzene rings is 2. The number of rotatable bonds is 7. The van der Waals surface area contributed by atoms with Gasteiger partial charge in [0.05, 0.1) is 23.2 Å². The molecule has 10 heteroatoms. The molecule has 172 valence electrons. The van der Waals surface area contributed by atoms with Crippen LogP contribution in [-0.2, 0) is 14.4 Å². The van der Waals surface area contributed by atoms with Crippen LogP contribution in [0.2, 0.25) is 0 Å². The maximum absolute atomic E-state index is 13.1. The third-order valence-electron chi connectivity index (χ3n) is 4.82. The van der Waals surface area contributed by atoms with Crippen LogP contribution >= 0.6 is 15.9 Å². The normalized spacial score (nSPS) is 15.1. The van der Waals surface area contributed by atoms with Gasteiger partial charge in [-0.1, -0.05) is 26.0 Å². The molecular formula is C23H20BrN2O7-. The van der Waals surface area contributed by atoms with Crippen LogP contribution in [0.25, 0.3) is 6.08 Å². The van der Waals surface area contributed by atoms with Gasteiger partial charge in [0.25, 0.3) is 11.8 Å². The number of carbonyl (C=O) groups is 4. The van der Waals surface area contributed by atoms with Gasteiger partial charge in [0.1, 0.15) is 12.2 Å². The van der Waals surface area contributed by atoms with Crippen LogP contribution in [0.15, 0.2) is 46.4 Å². The number of ether oxygens (including phenoxy) is 2. The average molecular weight is 516 g/mol. The van der Waals surface area contributed by atoms with E-state index < -0.39 is 30.4 Å². The molecule has 1 heterocycles. The predicted octanol–water partition coefficient (Wildman–Crippen LogP) is 2.38. The van der Waals surface area contributed by atoms with Gasteiger partial charge in [-0.3, -0.25) is 14.9 Å². The first kappa shape index (κ1) is 24.0. The molecule has 1 saturated heterocycles. The molecule has 0 aliphatic carbocycles. The lowest BCUT2D eigenvalue weighted by atomic mass is 10.0. The van der Waals surface area contributed by atoms with Crippen molar-refractivity contribution >= 4 is 51.5 Å². The molecule has 4 amide bonds. The van der Waals surface area contributed by atoms with Crippen molar-refractivity contribution < 1.29 is 33.8 Å². The van der Waals surface area contributed by atoms with E-state index in [0.717, 1.165) is 10.5 Å². The summed E-state index contributed by atoms with van der Waals surface area (Å²) in [7, 11) is 1.35. The summed E-state index contributed by atoms with van der Waals surface area (Å²) >= 11 is 3.26. The topological polar surface area (TPSA) is 125 Å². The van der Waals surface area contributed by atoms with Crippen molar-refractivity contribution in [2.75, 3.05) is 18.6 Å². The lowest BCUT2D eigenvalue weighted by molar-refractivity contribution is -0.307. The van der Waals surface area contributed by atoms with E-state index in [4.69, 9.17) is 9.47 Å². The van der Waals surface area contributed by atoms with E-state index in [2.05, 4.69) is 21.2 Å². The van der Waals surface area contributed by atoms with Crippen molar-refractivity contribution in [1.29, 1.82) is 0 Å². The van der Waals surface area contributed by atoms with Gasteiger partial charge in [-0.15, -0.1) is 0 Å². The monoisotopic (exact) mass is 515 g/mol. The number of hydrogen-bond donors (Lipinski definition) is 1. The number of anilines is 1. The molecule has 0 atom stereocenters. The van der Waals surface area contributed by atoms with Crippen LogP contribution in [0, 0.1) is 0 Å². The maximum atomic E-state index is 13.1. The van der Waals surface area contributed by atoms with Gasteiger partial charge in [-0.25, -0.2) is 9.69 Å². The van der Waals surface area contributed by atoms with Crippen LogP contribution in [0.5, 0.6) is 11.5 Å². The quantitative estimate of drug-likeness (QED) is 0.443. The van der Waals surface area contributed by atoms with E-state index in [-0.39, 0.29) is 23.0 Å². The number of hydrogen-bond acceptors (Lipinski definition) is 7. The second-order valence-electron chi connectivity index (χ2n) is 7.40. The first-order valence-electron chi connectivity index (χ1n) is 9.84. The summed E-state index contributed by atoms with van der Waals surface area (Å²) in [6.45, 7) is 3.35. The highest BCUT2D eigenvalue weighted by Gasteiger charge is 2.36. The number of carboxylic acids is 1. The van der Waals surface area contributed by atoms with Gasteiger partial charge in [0.15, 0.2) is 11.5 Å². The van der Waals surface area contributed by atoms with E-state index in [0.29, 0.717) is 15.7 Å². The van der Waals surface area contributed by atoms with E-state index in [1.165, 1.54) is 25.3 Å². The number of imide groups is 2. The van der Waals surface area contributed by atoms with Crippen molar-refractivity contribution in [3.8, 4) is 11.5 Å². The molecule has 0 bridgehead atoms.